The van der Waals surface area contributed by atoms with E-state index < -0.39 is 0 Å². The lowest BCUT2D eigenvalue weighted by Crippen LogP contribution is -2.22. The highest BCUT2D eigenvalue weighted by Crippen LogP contribution is 2.22. The Bertz CT molecular complexity index is 684. The fraction of sp³-hybridized carbons (Fsp3) is 0.421. The standard InChI is InChI=1S/C19H25NO2/c1-4-6-7-16-12-18(21)20(19(22)17(16)5-2)13-15-10-8-14(3)9-11-15/h8-12,22H,4-7,13H2,1-3H3. The first-order valence-electron chi connectivity index (χ1n) is 8.06. The molecule has 1 N–H and O–H groups in total. The number of unbranched alkanes of at least 4 members (excludes halogenated alkanes) is 1. The average Bonchev–Trinajstić information content (AvgIpc) is 2.51. The van der Waals surface area contributed by atoms with Gasteiger partial charge < -0.3 is 5.11 Å². The minimum atomic E-state index is -0.124. The third kappa shape index (κ3) is 3.59. The Morgan fingerprint density at radius 1 is 1.14 bits per heavy atom. The van der Waals surface area contributed by atoms with E-state index in [-0.39, 0.29) is 11.4 Å². The summed E-state index contributed by atoms with van der Waals surface area (Å²) < 4.78 is 1.47. The van der Waals surface area contributed by atoms with Crippen molar-refractivity contribution in [3.05, 3.63) is 62.9 Å². The van der Waals surface area contributed by atoms with Crippen LogP contribution in [0.5, 0.6) is 5.88 Å². The van der Waals surface area contributed by atoms with E-state index in [9.17, 15) is 9.90 Å². The fourth-order valence-electron chi connectivity index (χ4n) is 2.73. The molecule has 0 aliphatic rings. The molecule has 118 valence electrons. The van der Waals surface area contributed by atoms with E-state index in [0.29, 0.717) is 6.54 Å². The largest absolute Gasteiger partial charge is 0.494 e. The molecule has 0 saturated carbocycles. The number of rotatable bonds is 6. The lowest BCUT2D eigenvalue weighted by molar-refractivity contribution is 0.406. The number of hydrogen-bond donors (Lipinski definition) is 1. The zero-order chi connectivity index (χ0) is 16.1. The maximum atomic E-state index is 12.4. The van der Waals surface area contributed by atoms with E-state index in [1.165, 1.54) is 10.1 Å². The first kappa shape index (κ1) is 16.3. The van der Waals surface area contributed by atoms with Crippen LogP contribution in [0.15, 0.2) is 35.1 Å². The molecular weight excluding hydrogens is 274 g/mol. The molecule has 0 atom stereocenters. The summed E-state index contributed by atoms with van der Waals surface area (Å²) in [5.74, 6) is 0.127. The summed E-state index contributed by atoms with van der Waals surface area (Å²) in [5.41, 5.74) is 3.98. The molecule has 2 aromatic rings. The monoisotopic (exact) mass is 299 g/mol. The van der Waals surface area contributed by atoms with Gasteiger partial charge in [0, 0.05) is 11.6 Å². The predicted octanol–water partition coefficient (Wildman–Crippen LogP) is 3.82. The van der Waals surface area contributed by atoms with Crippen molar-refractivity contribution in [1.29, 1.82) is 0 Å². The summed E-state index contributed by atoms with van der Waals surface area (Å²) in [6.07, 6.45) is 3.71. The lowest BCUT2D eigenvalue weighted by Gasteiger charge is -2.15. The fourth-order valence-corrected chi connectivity index (χ4v) is 2.73. The summed E-state index contributed by atoms with van der Waals surface area (Å²) in [6.45, 7) is 6.59. The molecule has 22 heavy (non-hydrogen) atoms. The third-order valence-corrected chi connectivity index (χ3v) is 4.09. The predicted molar refractivity (Wildman–Crippen MR) is 90.6 cm³/mol. The smallest absolute Gasteiger partial charge is 0.253 e. The molecule has 3 nitrogen and oxygen atoms in total. The summed E-state index contributed by atoms with van der Waals surface area (Å²) >= 11 is 0. The third-order valence-electron chi connectivity index (χ3n) is 4.09. The van der Waals surface area contributed by atoms with Crippen molar-refractivity contribution in [3.8, 4) is 5.88 Å². The topological polar surface area (TPSA) is 42.2 Å². The van der Waals surface area contributed by atoms with Gasteiger partial charge in [0.1, 0.15) is 0 Å². The highest BCUT2D eigenvalue weighted by atomic mass is 16.3. The number of aromatic nitrogens is 1. The van der Waals surface area contributed by atoms with Crippen molar-refractivity contribution >= 4 is 0 Å². The molecule has 2 rings (SSSR count). The first-order valence-corrected chi connectivity index (χ1v) is 8.06. The van der Waals surface area contributed by atoms with E-state index >= 15 is 0 Å². The van der Waals surface area contributed by atoms with Crippen LogP contribution >= 0.6 is 0 Å². The van der Waals surface area contributed by atoms with Gasteiger partial charge in [0.05, 0.1) is 6.54 Å². The molecule has 0 aliphatic carbocycles. The Kier molecular flexibility index (Phi) is 5.42. The molecule has 1 aromatic carbocycles. The van der Waals surface area contributed by atoms with E-state index in [1.807, 2.05) is 38.1 Å². The Labute approximate surface area is 132 Å². The van der Waals surface area contributed by atoms with Crippen molar-refractivity contribution in [2.45, 2.75) is 53.0 Å². The zero-order valence-electron chi connectivity index (χ0n) is 13.7. The molecule has 0 radical (unpaired) electrons. The Balaban J connectivity index is 2.39. The lowest BCUT2D eigenvalue weighted by atomic mass is 10.0. The van der Waals surface area contributed by atoms with Gasteiger partial charge in [-0.15, -0.1) is 0 Å². The van der Waals surface area contributed by atoms with Gasteiger partial charge in [-0.3, -0.25) is 9.36 Å². The Morgan fingerprint density at radius 3 is 2.41 bits per heavy atom. The molecule has 0 bridgehead atoms. The van der Waals surface area contributed by atoms with Crippen LogP contribution in [0, 0.1) is 6.92 Å². The normalized spacial score (nSPS) is 10.9. The second kappa shape index (κ2) is 7.30. The van der Waals surface area contributed by atoms with E-state index in [1.54, 1.807) is 6.07 Å². The van der Waals surface area contributed by atoms with Gasteiger partial charge in [-0.1, -0.05) is 50.1 Å². The maximum Gasteiger partial charge on any atom is 0.253 e. The molecule has 1 aromatic heterocycles. The van der Waals surface area contributed by atoms with Gasteiger partial charge >= 0.3 is 0 Å². The van der Waals surface area contributed by atoms with E-state index in [0.717, 1.165) is 42.4 Å². The number of benzene rings is 1. The van der Waals surface area contributed by atoms with Crippen LogP contribution in [0.1, 0.15) is 48.9 Å². The second-order valence-electron chi connectivity index (χ2n) is 5.84. The number of nitrogens with zero attached hydrogens (tertiary/aromatic N) is 1. The van der Waals surface area contributed by atoms with Crippen LogP contribution in [0.4, 0.5) is 0 Å². The van der Waals surface area contributed by atoms with Gasteiger partial charge in [0.2, 0.25) is 0 Å². The SMILES string of the molecule is CCCCc1cc(=O)n(Cc2ccc(C)cc2)c(O)c1CC. The van der Waals surface area contributed by atoms with Crippen molar-refractivity contribution in [1.82, 2.24) is 4.57 Å². The van der Waals surface area contributed by atoms with Crippen LogP contribution in [-0.4, -0.2) is 9.67 Å². The quantitative estimate of drug-likeness (QED) is 0.881. The van der Waals surface area contributed by atoms with Crippen molar-refractivity contribution in [2.75, 3.05) is 0 Å². The molecule has 0 amide bonds. The minimum Gasteiger partial charge on any atom is -0.494 e. The van der Waals surface area contributed by atoms with Crippen LogP contribution in [0.2, 0.25) is 0 Å². The van der Waals surface area contributed by atoms with Crippen LogP contribution < -0.4 is 5.56 Å². The number of hydrogen-bond acceptors (Lipinski definition) is 2. The molecule has 0 unspecified atom stereocenters. The van der Waals surface area contributed by atoms with Gasteiger partial charge in [-0.25, -0.2) is 0 Å². The summed E-state index contributed by atoms with van der Waals surface area (Å²) in [4.78, 5) is 12.4. The Morgan fingerprint density at radius 2 is 1.82 bits per heavy atom. The number of aromatic hydroxyl groups is 1. The van der Waals surface area contributed by atoms with Crippen LogP contribution in [-0.2, 0) is 19.4 Å². The molecule has 1 heterocycles. The van der Waals surface area contributed by atoms with E-state index in [2.05, 4.69) is 6.92 Å². The van der Waals surface area contributed by atoms with Crippen molar-refractivity contribution in [3.63, 3.8) is 0 Å². The number of pyridine rings is 1. The summed E-state index contributed by atoms with van der Waals surface area (Å²) in [6, 6.07) is 9.74. The summed E-state index contributed by atoms with van der Waals surface area (Å²) in [7, 11) is 0. The van der Waals surface area contributed by atoms with Crippen molar-refractivity contribution in [2.24, 2.45) is 0 Å². The maximum absolute atomic E-state index is 12.4. The zero-order valence-corrected chi connectivity index (χ0v) is 13.7. The van der Waals surface area contributed by atoms with Crippen LogP contribution in [0.25, 0.3) is 0 Å². The van der Waals surface area contributed by atoms with Gasteiger partial charge in [-0.2, -0.15) is 0 Å². The minimum absolute atomic E-state index is 0.124. The van der Waals surface area contributed by atoms with E-state index in [4.69, 9.17) is 0 Å². The molecule has 0 spiro atoms. The van der Waals surface area contributed by atoms with Gasteiger partial charge in [-0.05, 0) is 37.3 Å². The second-order valence-corrected chi connectivity index (χ2v) is 5.84. The Hall–Kier alpha value is -2.03. The summed E-state index contributed by atoms with van der Waals surface area (Å²) in [5, 5.41) is 10.5. The van der Waals surface area contributed by atoms with Gasteiger partial charge in [0.15, 0.2) is 5.88 Å². The molecule has 3 heteroatoms. The highest BCUT2D eigenvalue weighted by Gasteiger charge is 2.13. The highest BCUT2D eigenvalue weighted by molar-refractivity contribution is 5.36. The molecule has 0 saturated heterocycles. The average molecular weight is 299 g/mol. The number of aryl methyl sites for hydroxylation is 2. The first-order chi connectivity index (χ1) is 10.6. The van der Waals surface area contributed by atoms with Crippen molar-refractivity contribution < 1.29 is 5.11 Å². The molecular formula is C19H25NO2. The van der Waals surface area contributed by atoms with Gasteiger partial charge in [0.25, 0.3) is 5.56 Å². The van der Waals surface area contributed by atoms with Crippen LogP contribution in [0.3, 0.4) is 0 Å². The molecule has 0 aliphatic heterocycles. The molecule has 0 fully saturated rings.